The van der Waals surface area contributed by atoms with Gasteiger partial charge in [0.2, 0.25) is 5.91 Å². The smallest absolute Gasteiger partial charge is 0.247 e. The van der Waals surface area contributed by atoms with Crippen molar-refractivity contribution in [3.05, 3.63) is 55.4 Å². The number of rotatable bonds is 6. The zero-order valence-corrected chi connectivity index (χ0v) is 11.7. The SMILES string of the molecule is C=CC(=O)Nc1cncc(Oc2ccc(OCC)cc2)c1. The highest BCUT2D eigenvalue weighted by molar-refractivity contribution is 5.98. The number of ether oxygens (including phenoxy) is 2. The van der Waals surface area contributed by atoms with Gasteiger partial charge in [-0.1, -0.05) is 6.58 Å². The van der Waals surface area contributed by atoms with E-state index in [-0.39, 0.29) is 5.91 Å². The van der Waals surface area contributed by atoms with Crippen molar-refractivity contribution in [2.45, 2.75) is 6.92 Å². The average Bonchev–Trinajstić information content (AvgIpc) is 2.50. The van der Waals surface area contributed by atoms with Gasteiger partial charge in [0, 0.05) is 6.07 Å². The molecule has 1 aromatic heterocycles. The number of anilines is 1. The van der Waals surface area contributed by atoms with Gasteiger partial charge in [-0.05, 0) is 37.3 Å². The molecule has 5 nitrogen and oxygen atoms in total. The fourth-order valence-corrected chi connectivity index (χ4v) is 1.64. The minimum Gasteiger partial charge on any atom is -0.494 e. The summed E-state index contributed by atoms with van der Waals surface area (Å²) in [5.41, 5.74) is 0.545. The number of hydrogen-bond acceptors (Lipinski definition) is 4. The van der Waals surface area contributed by atoms with Crippen LogP contribution in [0.4, 0.5) is 5.69 Å². The Morgan fingerprint density at radius 2 is 1.95 bits per heavy atom. The van der Waals surface area contributed by atoms with E-state index in [9.17, 15) is 4.79 Å². The number of carbonyl (C=O) groups is 1. The van der Waals surface area contributed by atoms with Crippen LogP contribution in [0.15, 0.2) is 55.4 Å². The second-order valence-corrected chi connectivity index (χ2v) is 4.11. The maximum atomic E-state index is 11.2. The van der Waals surface area contributed by atoms with Crippen LogP contribution in [0, 0.1) is 0 Å². The van der Waals surface area contributed by atoms with E-state index < -0.39 is 0 Å². The van der Waals surface area contributed by atoms with E-state index in [1.807, 2.05) is 19.1 Å². The second kappa shape index (κ2) is 7.09. The van der Waals surface area contributed by atoms with Gasteiger partial charge in [0.05, 0.1) is 24.7 Å². The first kappa shape index (κ1) is 14.6. The third-order valence-corrected chi connectivity index (χ3v) is 2.54. The molecular weight excluding hydrogens is 268 g/mol. The summed E-state index contributed by atoms with van der Waals surface area (Å²) in [4.78, 5) is 15.3. The minimum atomic E-state index is -0.296. The normalized spacial score (nSPS) is 9.76. The Kier molecular flexibility index (Phi) is 4.93. The highest BCUT2D eigenvalue weighted by atomic mass is 16.5. The summed E-state index contributed by atoms with van der Waals surface area (Å²) in [7, 11) is 0. The van der Waals surface area contributed by atoms with Crippen molar-refractivity contribution in [3.63, 3.8) is 0 Å². The summed E-state index contributed by atoms with van der Waals surface area (Å²) in [6.07, 6.45) is 4.30. The Morgan fingerprint density at radius 3 is 2.62 bits per heavy atom. The molecule has 0 atom stereocenters. The zero-order chi connectivity index (χ0) is 15.1. The van der Waals surface area contributed by atoms with E-state index in [2.05, 4.69) is 16.9 Å². The highest BCUT2D eigenvalue weighted by Gasteiger charge is 2.02. The van der Waals surface area contributed by atoms with Crippen LogP contribution < -0.4 is 14.8 Å². The van der Waals surface area contributed by atoms with E-state index in [0.717, 1.165) is 5.75 Å². The van der Waals surface area contributed by atoms with Crippen molar-refractivity contribution in [2.75, 3.05) is 11.9 Å². The quantitative estimate of drug-likeness (QED) is 0.826. The van der Waals surface area contributed by atoms with Crippen molar-refractivity contribution in [1.82, 2.24) is 4.98 Å². The fraction of sp³-hybridized carbons (Fsp3) is 0.125. The Bertz CT molecular complexity index is 624. The first-order valence-corrected chi connectivity index (χ1v) is 6.50. The molecule has 0 spiro atoms. The summed E-state index contributed by atoms with van der Waals surface area (Å²) < 4.78 is 11.0. The van der Waals surface area contributed by atoms with Gasteiger partial charge in [-0.3, -0.25) is 9.78 Å². The van der Waals surface area contributed by atoms with Gasteiger partial charge in [0.1, 0.15) is 17.2 Å². The first-order chi connectivity index (χ1) is 10.2. The molecule has 1 aromatic carbocycles. The van der Waals surface area contributed by atoms with Crippen LogP contribution in [0.2, 0.25) is 0 Å². The first-order valence-electron chi connectivity index (χ1n) is 6.50. The Morgan fingerprint density at radius 1 is 1.24 bits per heavy atom. The summed E-state index contributed by atoms with van der Waals surface area (Å²) >= 11 is 0. The van der Waals surface area contributed by atoms with Gasteiger partial charge >= 0.3 is 0 Å². The molecule has 0 radical (unpaired) electrons. The molecule has 1 amide bonds. The molecule has 0 aliphatic carbocycles. The van der Waals surface area contributed by atoms with E-state index in [0.29, 0.717) is 23.8 Å². The third kappa shape index (κ3) is 4.35. The van der Waals surface area contributed by atoms with Crippen LogP contribution in [0.1, 0.15) is 6.92 Å². The summed E-state index contributed by atoms with van der Waals surface area (Å²) in [5, 5.41) is 2.62. The second-order valence-electron chi connectivity index (χ2n) is 4.11. The molecule has 1 N–H and O–H groups in total. The van der Waals surface area contributed by atoms with Crippen molar-refractivity contribution in [3.8, 4) is 17.2 Å². The molecule has 0 fully saturated rings. The van der Waals surface area contributed by atoms with Gasteiger partial charge in [0.25, 0.3) is 0 Å². The molecule has 0 unspecified atom stereocenters. The van der Waals surface area contributed by atoms with E-state index >= 15 is 0 Å². The monoisotopic (exact) mass is 284 g/mol. The Hall–Kier alpha value is -2.82. The number of hydrogen-bond donors (Lipinski definition) is 1. The minimum absolute atomic E-state index is 0.296. The van der Waals surface area contributed by atoms with E-state index in [4.69, 9.17) is 9.47 Å². The molecule has 0 saturated carbocycles. The standard InChI is InChI=1S/C16H16N2O3/c1-3-16(19)18-12-9-15(11-17-10-12)21-14-7-5-13(6-8-14)20-4-2/h3,5-11H,1,4H2,2H3,(H,18,19). The average molecular weight is 284 g/mol. The van der Waals surface area contributed by atoms with Gasteiger partial charge in [0.15, 0.2) is 0 Å². The molecule has 108 valence electrons. The number of carbonyl (C=O) groups excluding carboxylic acids is 1. The molecule has 0 bridgehead atoms. The van der Waals surface area contributed by atoms with E-state index in [1.165, 1.54) is 12.3 Å². The molecule has 0 saturated heterocycles. The lowest BCUT2D eigenvalue weighted by atomic mass is 10.3. The number of benzene rings is 1. The fourth-order valence-electron chi connectivity index (χ4n) is 1.64. The zero-order valence-electron chi connectivity index (χ0n) is 11.7. The van der Waals surface area contributed by atoms with Crippen molar-refractivity contribution in [2.24, 2.45) is 0 Å². The Labute approximate surface area is 123 Å². The number of amides is 1. The van der Waals surface area contributed by atoms with Crippen LogP contribution in [-0.4, -0.2) is 17.5 Å². The van der Waals surface area contributed by atoms with E-state index in [1.54, 1.807) is 24.4 Å². The largest absolute Gasteiger partial charge is 0.494 e. The van der Waals surface area contributed by atoms with Crippen LogP contribution in [-0.2, 0) is 4.79 Å². The number of pyridine rings is 1. The molecule has 5 heteroatoms. The summed E-state index contributed by atoms with van der Waals surface area (Å²) in [6.45, 7) is 5.94. The predicted octanol–water partition coefficient (Wildman–Crippen LogP) is 3.40. The van der Waals surface area contributed by atoms with Gasteiger partial charge in [-0.25, -0.2) is 0 Å². The molecule has 2 aromatic rings. The van der Waals surface area contributed by atoms with Gasteiger partial charge in [-0.15, -0.1) is 0 Å². The summed E-state index contributed by atoms with van der Waals surface area (Å²) in [5.74, 6) is 1.68. The lowest BCUT2D eigenvalue weighted by molar-refractivity contribution is -0.111. The molecule has 0 aliphatic rings. The number of nitrogens with one attached hydrogen (secondary N) is 1. The molecular formula is C16H16N2O3. The molecule has 21 heavy (non-hydrogen) atoms. The maximum Gasteiger partial charge on any atom is 0.247 e. The Balaban J connectivity index is 2.06. The molecule has 0 aliphatic heterocycles. The van der Waals surface area contributed by atoms with Crippen LogP contribution in [0.3, 0.4) is 0 Å². The van der Waals surface area contributed by atoms with Crippen molar-refractivity contribution < 1.29 is 14.3 Å². The lowest BCUT2D eigenvalue weighted by Gasteiger charge is -2.08. The maximum absolute atomic E-state index is 11.2. The highest BCUT2D eigenvalue weighted by Crippen LogP contribution is 2.25. The third-order valence-electron chi connectivity index (χ3n) is 2.54. The predicted molar refractivity (Wildman–Crippen MR) is 80.7 cm³/mol. The number of nitrogens with zero attached hydrogens (tertiary/aromatic N) is 1. The molecule has 2 rings (SSSR count). The summed E-state index contributed by atoms with van der Waals surface area (Å²) in [6, 6.07) is 8.95. The van der Waals surface area contributed by atoms with Crippen LogP contribution in [0.5, 0.6) is 17.2 Å². The number of aromatic nitrogens is 1. The van der Waals surface area contributed by atoms with Gasteiger partial charge in [-0.2, -0.15) is 0 Å². The van der Waals surface area contributed by atoms with Gasteiger partial charge < -0.3 is 14.8 Å². The molecule has 1 heterocycles. The topological polar surface area (TPSA) is 60.5 Å². The van der Waals surface area contributed by atoms with Crippen LogP contribution >= 0.6 is 0 Å². The van der Waals surface area contributed by atoms with Crippen molar-refractivity contribution in [1.29, 1.82) is 0 Å². The lowest BCUT2D eigenvalue weighted by Crippen LogP contribution is -2.07. The van der Waals surface area contributed by atoms with Crippen LogP contribution in [0.25, 0.3) is 0 Å². The van der Waals surface area contributed by atoms with Crippen molar-refractivity contribution >= 4 is 11.6 Å².